The van der Waals surface area contributed by atoms with E-state index in [4.69, 9.17) is 14.1 Å². The van der Waals surface area contributed by atoms with Gasteiger partial charge in [0.2, 0.25) is 5.91 Å². The van der Waals surface area contributed by atoms with Gasteiger partial charge >= 0.3 is 0 Å². The molecule has 0 bridgehead atoms. The van der Waals surface area contributed by atoms with Crippen molar-refractivity contribution in [1.29, 1.82) is 0 Å². The van der Waals surface area contributed by atoms with Crippen LogP contribution >= 0.6 is 0 Å². The molecule has 2 aromatic heterocycles. The number of rotatable bonds is 7. The van der Waals surface area contributed by atoms with Gasteiger partial charge in [0.25, 0.3) is 5.88 Å². The lowest BCUT2D eigenvalue weighted by Gasteiger charge is -2.33. The topological polar surface area (TPSA) is 80.5 Å². The minimum atomic E-state index is -0.106. The Morgan fingerprint density at radius 2 is 2.07 bits per heavy atom. The zero-order valence-corrected chi connectivity index (χ0v) is 16.6. The first kappa shape index (κ1) is 19.2. The summed E-state index contributed by atoms with van der Waals surface area (Å²) in [4.78, 5) is 24.3. The van der Waals surface area contributed by atoms with Crippen LogP contribution in [-0.2, 0) is 11.3 Å². The molecular weight excluding hydrogens is 368 g/mol. The fourth-order valence-corrected chi connectivity index (χ4v) is 3.59. The highest BCUT2D eigenvalue weighted by molar-refractivity contribution is 5.80. The first-order chi connectivity index (χ1) is 14.2. The molecule has 1 aliphatic rings. The number of carbonyl (C=O) groups is 1. The number of aromatic nitrogens is 2. The van der Waals surface area contributed by atoms with Crippen LogP contribution in [0.15, 0.2) is 47.1 Å². The molecule has 7 nitrogen and oxygen atoms in total. The van der Waals surface area contributed by atoms with E-state index in [2.05, 4.69) is 22.1 Å². The van der Waals surface area contributed by atoms with Crippen LogP contribution in [0.2, 0.25) is 0 Å². The summed E-state index contributed by atoms with van der Waals surface area (Å²) in [7, 11) is 0. The predicted octanol–water partition coefficient (Wildman–Crippen LogP) is 3.54. The maximum Gasteiger partial charge on any atom is 0.258 e. The van der Waals surface area contributed by atoms with Gasteiger partial charge in [-0.15, -0.1) is 0 Å². The molecule has 0 aliphatic carbocycles. The van der Waals surface area contributed by atoms with Crippen molar-refractivity contribution in [3.05, 3.63) is 48.4 Å². The van der Waals surface area contributed by atoms with E-state index in [0.717, 1.165) is 48.4 Å². The van der Waals surface area contributed by atoms with Crippen molar-refractivity contribution in [2.24, 2.45) is 5.92 Å². The first-order valence-corrected chi connectivity index (χ1v) is 10.2. The number of ether oxygens (including phenoxy) is 1. The van der Waals surface area contributed by atoms with Gasteiger partial charge in [0.05, 0.1) is 36.4 Å². The van der Waals surface area contributed by atoms with Crippen LogP contribution in [0.25, 0.3) is 11.0 Å². The SMILES string of the molecule is CCCOc1nc2ccccc2nc1N1CCC[C@@H](C(=O)NCc2ccco2)C1. The minimum Gasteiger partial charge on any atom is -0.475 e. The third-order valence-corrected chi connectivity index (χ3v) is 5.07. The number of carbonyl (C=O) groups excluding carboxylic acids is 1. The Morgan fingerprint density at radius 1 is 1.24 bits per heavy atom. The highest BCUT2D eigenvalue weighted by atomic mass is 16.5. The maximum atomic E-state index is 12.7. The van der Waals surface area contributed by atoms with Crippen LogP contribution in [0.4, 0.5) is 5.82 Å². The number of hydrogen-bond donors (Lipinski definition) is 1. The van der Waals surface area contributed by atoms with Gasteiger partial charge in [-0.05, 0) is 43.5 Å². The Kier molecular flexibility index (Phi) is 5.93. The summed E-state index contributed by atoms with van der Waals surface area (Å²) in [5, 5.41) is 2.98. The molecule has 7 heteroatoms. The van der Waals surface area contributed by atoms with Crippen molar-refractivity contribution in [3.8, 4) is 5.88 Å². The largest absolute Gasteiger partial charge is 0.475 e. The predicted molar refractivity (Wildman–Crippen MR) is 111 cm³/mol. The van der Waals surface area contributed by atoms with E-state index in [1.807, 2.05) is 36.4 Å². The second kappa shape index (κ2) is 8.94. The Balaban J connectivity index is 1.52. The van der Waals surface area contributed by atoms with E-state index in [9.17, 15) is 4.79 Å². The molecule has 1 N–H and O–H groups in total. The molecule has 0 radical (unpaired) electrons. The molecule has 3 heterocycles. The van der Waals surface area contributed by atoms with Crippen LogP contribution in [0.5, 0.6) is 5.88 Å². The number of benzene rings is 1. The molecule has 29 heavy (non-hydrogen) atoms. The van der Waals surface area contributed by atoms with Crippen LogP contribution in [0.3, 0.4) is 0 Å². The number of piperidine rings is 1. The quantitative estimate of drug-likeness (QED) is 0.660. The number of amides is 1. The summed E-state index contributed by atoms with van der Waals surface area (Å²) in [6.45, 7) is 4.48. The fraction of sp³-hybridized carbons (Fsp3) is 0.409. The van der Waals surface area contributed by atoms with Crippen molar-refractivity contribution in [1.82, 2.24) is 15.3 Å². The Labute approximate surface area is 170 Å². The number of nitrogens with one attached hydrogen (secondary N) is 1. The third-order valence-electron chi connectivity index (χ3n) is 5.07. The number of nitrogens with zero attached hydrogens (tertiary/aromatic N) is 3. The summed E-state index contributed by atoms with van der Waals surface area (Å²) < 4.78 is 11.2. The average Bonchev–Trinajstić information content (AvgIpc) is 3.29. The van der Waals surface area contributed by atoms with Crippen LogP contribution in [0, 0.1) is 5.92 Å². The number of para-hydroxylation sites is 2. The third kappa shape index (κ3) is 4.50. The Morgan fingerprint density at radius 3 is 2.83 bits per heavy atom. The first-order valence-electron chi connectivity index (χ1n) is 10.2. The van der Waals surface area contributed by atoms with Gasteiger partial charge in [0.15, 0.2) is 5.82 Å². The summed E-state index contributed by atoms with van der Waals surface area (Å²) in [6.07, 6.45) is 4.28. The molecule has 0 saturated carbocycles. The van der Waals surface area contributed by atoms with E-state index < -0.39 is 0 Å². The molecule has 3 aromatic rings. The van der Waals surface area contributed by atoms with Crippen molar-refractivity contribution >= 4 is 22.8 Å². The van der Waals surface area contributed by atoms with Gasteiger partial charge in [0, 0.05) is 13.1 Å². The molecule has 1 fully saturated rings. The summed E-state index contributed by atoms with van der Waals surface area (Å²) in [6, 6.07) is 11.5. The fourth-order valence-electron chi connectivity index (χ4n) is 3.59. The van der Waals surface area contributed by atoms with E-state index in [0.29, 0.717) is 25.6 Å². The molecule has 0 unspecified atom stereocenters. The lowest BCUT2D eigenvalue weighted by Crippen LogP contribution is -2.43. The van der Waals surface area contributed by atoms with E-state index in [1.54, 1.807) is 6.26 Å². The van der Waals surface area contributed by atoms with Crippen LogP contribution < -0.4 is 15.0 Å². The molecule has 1 saturated heterocycles. The van der Waals surface area contributed by atoms with Crippen molar-refractivity contribution < 1.29 is 13.9 Å². The molecule has 1 atom stereocenters. The van der Waals surface area contributed by atoms with E-state index >= 15 is 0 Å². The number of hydrogen-bond acceptors (Lipinski definition) is 6. The van der Waals surface area contributed by atoms with Crippen molar-refractivity contribution in [2.45, 2.75) is 32.7 Å². The zero-order valence-electron chi connectivity index (χ0n) is 16.6. The standard InChI is InChI=1S/C22H26N4O3/c1-2-12-29-22-20(24-18-9-3-4-10-19(18)25-22)26-11-5-7-16(15-26)21(27)23-14-17-8-6-13-28-17/h3-4,6,8-10,13,16H,2,5,7,11-12,14-15H2,1H3,(H,23,27)/t16-/m1/s1. The maximum absolute atomic E-state index is 12.7. The van der Waals surface area contributed by atoms with Crippen LogP contribution in [0.1, 0.15) is 31.9 Å². The number of fused-ring (bicyclic) bond motifs is 1. The molecule has 152 valence electrons. The Hall–Kier alpha value is -3.09. The molecule has 1 aliphatic heterocycles. The normalized spacial score (nSPS) is 16.7. The number of anilines is 1. The van der Waals surface area contributed by atoms with Gasteiger partial charge in [-0.25, -0.2) is 9.97 Å². The van der Waals surface area contributed by atoms with Crippen molar-refractivity contribution in [2.75, 3.05) is 24.6 Å². The van der Waals surface area contributed by atoms with Gasteiger partial charge in [-0.1, -0.05) is 19.1 Å². The molecular formula is C22H26N4O3. The monoisotopic (exact) mass is 394 g/mol. The van der Waals surface area contributed by atoms with E-state index in [-0.39, 0.29) is 11.8 Å². The smallest absolute Gasteiger partial charge is 0.258 e. The van der Waals surface area contributed by atoms with Crippen LogP contribution in [-0.4, -0.2) is 35.6 Å². The molecule has 1 amide bonds. The number of furan rings is 1. The Bertz CT molecular complexity index is 958. The van der Waals surface area contributed by atoms with Crippen molar-refractivity contribution in [3.63, 3.8) is 0 Å². The second-order valence-corrected chi connectivity index (χ2v) is 7.27. The van der Waals surface area contributed by atoms with Gasteiger partial charge < -0.3 is 19.4 Å². The molecule has 0 spiro atoms. The molecule has 4 rings (SSSR count). The highest BCUT2D eigenvalue weighted by Gasteiger charge is 2.29. The lowest BCUT2D eigenvalue weighted by molar-refractivity contribution is -0.125. The van der Waals surface area contributed by atoms with E-state index in [1.165, 1.54) is 0 Å². The molecule has 1 aromatic carbocycles. The summed E-state index contributed by atoms with van der Waals surface area (Å²) in [5.74, 6) is 1.95. The second-order valence-electron chi connectivity index (χ2n) is 7.27. The zero-order chi connectivity index (χ0) is 20.1. The van der Waals surface area contributed by atoms with Gasteiger partial charge in [0.1, 0.15) is 5.76 Å². The summed E-state index contributed by atoms with van der Waals surface area (Å²) in [5.41, 5.74) is 1.64. The average molecular weight is 394 g/mol. The lowest BCUT2D eigenvalue weighted by atomic mass is 9.97. The highest BCUT2D eigenvalue weighted by Crippen LogP contribution is 2.30. The van der Waals surface area contributed by atoms with Gasteiger partial charge in [-0.2, -0.15) is 0 Å². The van der Waals surface area contributed by atoms with Gasteiger partial charge in [-0.3, -0.25) is 4.79 Å². The minimum absolute atomic E-state index is 0.0378. The summed E-state index contributed by atoms with van der Waals surface area (Å²) >= 11 is 0.